The maximum Gasteiger partial charge on any atom is 0.153 e. The van der Waals surface area contributed by atoms with Crippen molar-refractivity contribution >= 4 is 18.9 Å². The van der Waals surface area contributed by atoms with E-state index in [0.717, 1.165) is 37.6 Å². The zero-order chi connectivity index (χ0) is 33.5. The van der Waals surface area contributed by atoms with Crippen molar-refractivity contribution in [1.29, 1.82) is 0 Å². The lowest BCUT2D eigenvalue weighted by Crippen LogP contribution is -2.25. The molecule has 1 fully saturated rings. The van der Waals surface area contributed by atoms with Gasteiger partial charge >= 0.3 is 0 Å². The topological polar surface area (TPSA) is 94.2 Å². The van der Waals surface area contributed by atoms with Crippen molar-refractivity contribution < 1.29 is 28.6 Å². The van der Waals surface area contributed by atoms with Gasteiger partial charge in [0.1, 0.15) is 37.3 Å². The van der Waals surface area contributed by atoms with Crippen LogP contribution >= 0.6 is 0 Å². The SMILES string of the molecule is C=CCOc1ccc(C)cc1.C=CCOc1ccccc1C=O.CN1CCCC1C=O.CNCC=O.COCc1ccccc1. The third kappa shape index (κ3) is 21.1. The maximum atomic E-state index is 10.5. The van der Waals surface area contributed by atoms with Gasteiger partial charge in [0, 0.05) is 7.11 Å². The van der Waals surface area contributed by atoms with Crippen LogP contribution in [0.5, 0.6) is 11.5 Å². The van der Waals surface area contributed by atoms with Crippen LogP contribution in [0, 0.1) is 6.92 Å². The Balaban J connectivity index is 0.000000551. The number of nitrogens with zero attached hydrogens (tertiary/aromatic N) is 1. The summed E-state index contributed by atoms with van der Waals surface area (Å²) in [5.74, 6) is 1.50. The lowest BCUT2D eigenvalue weighted by molar-refractivity contribution is -0.111. The minimum atomic E-state index is 0.218. The van der Waals surface area contributed by atoms with Crippen molar-refractivity contribution in [3.63, 3.8) is 0 Å². The molecule has 0 radical (unpaired) electrons. The van der Waals surface area contributed by atoms with E-state index < -0.39 is 0 Å². The predicted octanol–water partition coefficient (Wildman–Crippen LogP) is 6.14. The van der Waals surface area contributed by atoms with Crippen molar-refractivity contribution in [3.8, 4) is 11.5 Å². The zero-order valence-electron chi connectivity index (χ0n) is 27.2. The Morgan fingerprint density at radius 1 is 0.889 bits per heavy atom. The molecule has 8 heteroatoms. The average molecular weight is 619 g/mol. The summed E-state index contributed by atoms with van der Waals surface area (Å²) in [7, 11) is 5.42. The molecule has 0 saturated carbocycles. The molecule has 1 saturated heterocycles. The molecule has 0 spiro atoms. The molecule has 3 aromatic rings. The lowest BCUT2D eigenvalue weighted by Gasteiger charge is -2.10. The van der Waals surface area contributed by atoms with Gasteiger partial charge in [-0.25, -0.2) is 0 Å². The number of likely N-dealkylation sites (N-methyl/N-ethyl adjacent to an activating group) is 2. The zero-order valence-corrected chi connectivity index (χ0v) is 27.2. The van der Waals surface area contributed by atoms with Gasteiger partial charge in [0.2, 0.25) is 0 Å². The van der Waals surface area contributed by atoms with Crippen LogP contribution in [0.1, 0.15) is 34.3 Å². The summed E-state index contributed by atoms with van der Waals surface area (Å²) < 4.78 is 15.4. The second-order valence-electron chi connectivity index (χ2n) is 9.64. The fourth-order valence-electron chi connectivity index (χ4n) is 3.58. The largest absolute Gasteiger partial charge is 0.490 e. The minimum absolute atomic E-state index is 0.218. The predicted molar refractivity (Wildman–Crippen MR) is 183 cm³/mol. The molecule has 0 amide bonds. The van der Waals surface area contributed by atoms with Gasteiger partial charge in [0.05, 0.1) is 24.8 Å². The smallest absolute Gasteiger partial charge is 0.153 e. The summed E-state index contributed by atoms with van der Waals surface area (Å²) in [4.78, 5) is 32.1. The van der Waals surface area contributed by atoms with Gasteiger partial charge in [-0.2, -0.15) is 0 Å². The Bertz CT molecular complexity index is 1190. The number of ether oxygens (including phenoxy) is 3. The van der Waals surface area contributed by atoms with Crippen LogP contribution in [0.15, 0.2) is 104 Å². The molecule has 0 bridgehead atoms. The number of hydrogen-bond acceptors (Lipinski definition) is 8. The van der Waals surface area contributed by atoms with Crippen LogP contribution in [0.3, 0.4) is 0 Å². The monoisotopic (exact) mass is 618 g/mol. The highest BCUT2D eigenvalue weighted by Crippen LogP contribution is 2.15. The summed E-state index contributed by atoms with van der Waals surface area (Å²) in [6.45, 7) is 12.4. The number of aryl methyl sites for hydroxylation is 1. The molecule has 1 aliphatic heterocycles. The Morgan fingerprint density at radius 2 is 1.51 bits per heavy atom. The van der Waals surface area contributed by atoms with Crippen LogP contribution in [-0.2, 0) is 20.9 Å². The van der Waals surface area contributed by atoms with Crippen molar-refractivity contribution in [3.05, 3.63) is 121 Å². The number of benzene rings is 3. The van der Waals surface area contributed by atoms with E-state index in [1.165, 1.54) is 17.5 Å². The first kappa shape index (κ1) is 40.6. The second-order valence-corrected chi connectivity index (χ2v) is 9.64. The summed E-state index contributed by atoms with van der Waals surface area (Å²) >= 11 is 0. The highest BCUT2D eigenvalue weighted by Gasteiger charge is 2.18. The van der Waals surface area contributed by atoms with Crippen LogP contribution < -0.4 is 14.8 Å². The Morgan fingerprint density at radius 3 is 1.98 bits per heavy atom. The Labute approximate surface area is 269 Å². The molecular formula is C37H50N2O6. The van der Waals surface area contributed by atoms with Gasteiger partial charge in [-0.1, -0.05) is 85.5 Å². The third-order valence-electron chi connectivity index (χ3n) is 5.97. The molecule has 244 valence electrons. The molecule has 45 heavy (non-hydrogen) atoms. The van der Waals surface area contributed by atoms with E-state index in [-0.39, 0.29) is 6.04 Å². The number of para-hydroxylation sites is 1. The molecule has 1 N–H and O–H groups in total. The Hall–Kier alpha value is -4.37. The lowest BCUT2D eigenvalue weighted by atomic mass is 10.2. The average Bonchev–Trinajstić information content (AvgIpc) is 3.50. The molecule has 0 aromatic heterocycles. The fourth-order valence-corrected chi connectivity index (χ4v) is 3.58. The number of aldehydes is 3. The molecule has 1 aliphatic rings. The van der Waals surface area contributed by atoms with E-state index in [9.17, 15) is 14.4 Å². The summed E-state index contributed by atoms with van der Waals surface area (Å²) in [6.07, 6.45) is 8.24. The molecule has 1 heterocycles. The fraction of sp³-hybridized carbons (Fsp3) is 0.324. The second kappa shape index (κ2) is 28.4. The van der Waals surface area contributed by atoms with E-state index in [0.29, 0.717) is 37.7 Å². The number of nitrogens with one attached hydrogen (secondary N) is 1. The number of carbonyl (C=O) groups is 3. The molecule has 8 nitrogen and oxygen atoms in total. The van der Waals surface area contributed by atoms with Crippen LogP contribution in [0.2, 0.25) is 0 Å². The minimum Gasteiger partial charge on any atom is -0.490 e. The number of rotatable bonds is 12. The normalized spacial score (nSPS) is 12.8. The molecule has 4 rings (SSSR count). The third-order valence-corrected chi connectivity index (χ3v) is 5.97. The van der Waals surface area contributed by atoms with E-state index in [2.05, 4.69) is 30.3 Å². The molecule has 1 atom stereocenters. The molecule has 3 aromatic carbocycles. The number of methoxy groups -OCH3 is 1. The van der Waals surface area contributed by atoms with Crippen LogP contribution in [0.25, 0.3) is 0 Å². The molecule has 1 unspecified atom stereocenters. The van der Waals surface area contributed by atoms with Crippen LogP contribution in [0.4, 0.5) is 0 Å². The number of likely N-dealkylation sites (tertiary alicyclic amines) is 1. The van der Waals surface area contributed by atoms with Gasteiger partial charge < -0.3 is 29.1 Å². The van der Waals surface area contributed by atoms with E-state index >= 15 is 0 Å². The highest BCUT2D eigenvalue weighted by atomic mass is 16.5. The van der Waals surface area contributed by atoms with Gasteiger partial charge in [-0.15, -0.1) is 0 Å². The number of carbonyl (C=O) groups excluding carboxylic acids is 3. The Kier molecular flexibility index (Phi) is 25.6. The van der Waals surface area contributed by atoms with Crippen molar-refractivity contribution in [1.82, 2.24) is 10.2 Å². The van der Waals surface area contributed by atoms with Crippen LogP contribution in [-0.4, -0.2) is 77.3 Å². The van der Waals surface area contributed by atoms with Gasteiger partial charge in [0.15, 0.2) is 6.29 Å². The summed E-state index contributed by atoms with van der Waals surface area (Å²) in [5.41, 5.74) is 3.04. The first-order valence-electron chi connectivity index (χ1n) is 14.7. The standard InChI is InChI=1S/C10H10O2.C10H12O.C8H10O.C6H11NO.C3H7NO/c1-2-7-12-10-6-4-3-5-9(10)8-11;1-3-8-11-10-6-4-9(2)5-7-10;1-9-7-8-5-3-2-4-6-8;1-7-4-2-3-6(7)5-8;1-4-2-3-5/h2-6,8H,1,7H2;3-7H,1,8H2,2H3;2-6H,7H2,1H3;5-6H,2-4H2,1H3;3-4H,2H2,1H3. The van der Waals surface area contributed by atoms with E-state index in [1.807, 2.05) is 67.7 Å². The van der Waals surface area contributed by atoms with Crippen molar-refractivity contribution in [2.24, 2.45) is 0 Å². The highest BCUT2D eigenvalue weighted by molar-refractivity contribution is 5.79. The number of hydrogen-bond donors (Lipinski definition) is 1. The van der Waals surface area contributed by atoms with Crippen molar-refractivity contribution in [2.45, 2.75) is 32.4 Å². The van der Waals surface area contributed by atoms with Crippen molar-refractivity contribution in [2.75, 3.05) is 47.5 Å². The summed E-state index contributed by atoms with van der Waals surface area (Å²) in [6, 6.07) is 25.4. The molecule has 0 aliphatic carbocycles. The quantitative estimate of drug-likeness (QED) is 0.191. The maximum absolute atomic E-state index is 10.5. The van der Waals surface area contributed by atoms with E-state index in [1.54, 1.807) is 44.5 Å². The van der Waals surface area contributed by atoms with Gasteiger partial charge in [-0.05, 0) is 70.2 Å². The van der Waals surface area contributed by atoms with Gasteiger partial charge in [-0.3, -0.25) is 9.69 Å². The van der Waals surface area contributed by atoms with Gasteiger partial charge in [0.25, 0.3) is 0 Å². The summed E-state index contributed by atoms with van der Waals surface area (Å²) in [5, 5.41) is 2.65. The van der Waals surface area contributed by atoms with E-state index in [4.69, 9.17) is 14.2 Å². The first-order chi connectivity index (χ1) is 21.9. The first-order valence-corrected chi connectivity index (χ1v) is 14.7. The molecular weight excluding hydrogens is 568 g/mol.